The van der Waals surface area contributed by atoms with Gasteiger partial charge in [0.1, 0.15) is 0 Å². The van der Waals surface area contributed by atoms with Crippen LogP contribution in [0.25, 0.3) is 10.9 Å². The summed E-state index contributed by atoms with van der Waals surface area (Å²) in [5.41, 5.74) is -0.0629. The van der Waals surface area contributed by atoms with Gasteiger partial charge >= 0.3 is 0 Å². The summed E-state index contributed by atoms with van der Waals surface area (Å²) in [5, 5.41) is 17.3. The second kappa shape index (κ2) is 2.87. The van der Waals surface area contributed by atoms with Crippen molar-refractivity contribution >= 4 is 16.6 Å². The van der Waals surface area contributed by atoms with Gasteiger partial charge in [-0.15, -0.1) is 9.70 Å². The van der Waals surface area contributed by atoms with Crippen LogP contribution in [0.1, 0.15) is 0 Å². The Morgan fingerprint density at radius 2 is 2.29 bits per heavy atom. The molecule has 0 saturated heterocycles. The minimum absolute atomic E-state index is 0.118. The molecule has 14 heavy (non-hydrogen) atoms. The van der Waals surface area contributed by atoms with Gasteiger partial charge in [0.05, 0.1) is 16.4 Å². The van der Waals surface area contributed by atoms with Crippen LogP contribution in [0.5, 0.6) is 0 Å². The van der Waals surface area contributed by atoms with Crippen molar-refractivity contribution in [2.75, 3.05) is 0 Å². The number of benzene rings is 1. The third kappa shape index (κ3) is 1.03. The molecular formula is C7H4N4O3. The van der Waals surface area contributed by atoms with Gasteiger partial charge < -0.3 is 0 Å². The zero-order chi connectivity index (χ0) is 10.1. The van der Waals surface area contributed by atoms with Gasteiger partial charge in [-0.1, -0.05) is 12.1 Å². The molecule has 0 radical (unpaired) electrons. The largest absolute Gasteiger partial charge is 0.297 e. The zero-order valence-electron chi connectivity index (χ0n) is 6.82. The molecule has 0 atom stereocenters. The monoisotopic (exact) mass is 192 g/mol. The molecule has 2 rings (SSSR count). The predicted octanol–water partition coefficient (Wildman–Crippen LogP) is 1.47. The van der Waals surface area contributed by atoms with Gasteiger partial charge in [-0.2, -0.15) is 5.10 Å². The number of para-hydroxylation sites is 1. The SMILES string of the molecule is O=Nn1ncc2cccc([N+](=O)[O-])c21. The number of nitro benzene ring substituents is 1. The molecule has 0 saturated carbocycles. The number of nitro groups is 1. The number of non-ortho nitro benzene ring substituents is 1. The summed E-state index contributed by atoms with van der Waals surface area (Å²) in [6.45, 7) is 0. The number of hydrogen-bond acceptors (Lipinski definition) is 5. The Balaban J connectivity index is 2.88. The molecule has 0 fully saturated rings. The summed E-state index contributed by atoms with van der Waals surface area (Å²) >= 11 is 0. The molecule has 1 aromatic carbocycles. The summed E-state index contributed by atoms with van der Waals surface area (Å²) in [6, 6.07) is 4.44. The lowest BCUT2D eigenvalue weighted by Crippen LogP contribution is -1.94. The minimum atomic E-state index is -0.578. The van der Waals surface area contributed by atoms with E-state index in [1.165, 1.54) is 18.3 Å². The van der Waals surface area contributed by atoms with Gasteiger partial charge in [0.15, 0.2) is 5.52 Å². The van der Waals surface area contributed by atoms with Crippen molar-refractivity contribution in [3.05, 3.63) is 39.4 Å². The van der Waals surface area contributed by atoms with Crippen molar-refractivity contribution in [1.29, 1.82) is 0 Å². The van der Waals surface area contributed by atoms with Crippen LogP contribution < -0.4 is 0 Å². The maximum atomic E-state index is 10.6. The first kappa shape index (κ1) is 8.30. The Kier molecular flexibility index (Phi) is 1.70. The predicted molar refractivity (Wildman–Crippen MR) is 47.6 cm³/mol. The maximum absolute atomic E-state index is 10.6. The Morgan fingerprint density at radius 3 is 2.93 bits per heavy atom. The van der Waals surface area contributed by atoms with Crippen molar-refractivity contribution < 1.29 is 4.92 Å². The molecule has 1 heterocycles. The van der Waals surface area contributed by atoms with Crippen molar-refractivity contribution in [1.82, 2.24) is 9.89 Å². The second-order valence-corrected chi connectivity index (χ2v) is 2.59. The van der Waals surface area contributed by atoms with Crippen molar-refractivity contribution in [3.8, 4) is 0 Å². The number of nitrogens with zero attached hydrogens (tertiary/aromatic N) is 4. The molecule has 0 N–H and O–H groups in total. The lowest BCUT2D eigenvalue weighted by atomic mass is 10.2. The lowest BCUT2D eigenvalue weighted by molar-refractivity contribution is -0.383. The van der Waals surface area contributed by atoms with Crippen LogP contribution in [0.15, 0.2) is 29.7 Å². The Hall–Kier alpha value is -2.31. The van der Waals surface area contributed by atoms with Crippen molar-refractivity contribution in [3.63, 3.8) is 0 Å². The summed E-state index contributed by atoms with van der Waals surface area (Å²) < 4.78 is 0. The van der Waals surface area contributed by atoms with Gasteiger partial charge in [-0.05, 0) is 0 Å². The van der Waals surface area contributed by atoms with Crippen LogP contribution in [-0.2, 0) is 0 Å². The molecule has 0 aliphatic heterocycles. The van der Waals surface area contributed by atoms with E-state index in [0.717, 1.165) is 0 Å². The molecule has 7 heteroatoms. The highest BCUT2D eigenvalue weighted by Gasteiger charge is 2.16. The maximum Gasteiger partial charge on any atom is 0.297 e. The molecule has 70 valence electrons. The molecule has 0 unspecified atom stereocenters. The van der Waals surface area contributed by atoms with Crippen LogP contribution in [-0.4, -0.2) is 14.8 Å². The van der Waals surface area contributed by atoms with Crippen molar-refractivity contribution in [2.45, 2.75) is 0 Å². The molecule has 2 aromatic rings. The Labute approximate surface area is 77.0 Å². The molecular weight excluding hydrogens is 188 g/mol. The van der Waals surface area contributed by atoms with Gasteiger partial charge in [0.2, 0.25) is 0 Å². The van der Waals surface area contributed by atoms with Crippen LogP contribution in [0.3, 0.4) is 0 Å². The van der Waals surface area contributed by atoms with E-state index in [2.05, 4.69) is 10.4 Å². The third-order valence-corrected chi connectivity index (χ3v) is 1.83. The topological polar surface area (TPSA) is 90.4 Å². The fourth-order valence-electron chi connectivity index (χ4n) is 1.25. The van der Waals surface area contributed by atoms with Crippen molar-refractivity contribution in [2.24, 2.45) is 5.29 Å². The van der Waals surface area contributed by atoms with E-state index in [9.17, 15) is 15.0 Å². The van der Waals surface area contributed by atoms with E-state index in [1.54, 1.807) is 6.07 Å². The van der Waals surface area contributed by atoms with E-state index in [0.29, 0.717) is 10.2 Å². The molecule has 0 spiro atoms. The zero-order valence-corrected chi connectivity index (χ0v) is 6.82. The average Bonchev–Trinajstić information content (AvgIpc) is 2.59. The third-order valence-electron chi connectivity index (χ3n) is 1.83. The highest BCUT2D eigenvalue weighted by Crippen LogP contribution is 2.24. The van der Waals surface area contributed by atoms with Crippen LogP contribution >= 0.6 is 0 Å². The van der Waals surface area contributed by atoms with Crippen LogP contribution in [0.2, 0.25) is 0 Å². The van der Waals surface area contributed by atoms with Crippen LogP contribution in [0, 0.1) is 15.0 Å². The minimum Gasteiger partial charge on any atom is -0.258 e. The van der Waals surface area contributed by atoms with Gasteiger partial charge in [0, 0.05) is 11.5 Å². The average molecular weight is 192 g/mol. The van der Waals surface area contributed by atoms with Gasteiger partial charge in [-0.3, -0.25) is 10.1 Å². The number of hydrogen-bond donors (Lipinski definition) is 0. The quantitative estimate of drug-likeness (QED) is 0.409. The Morgan fingerprint density at radius 1 is 1.50 bits per heavy atom. The van der Waals surface area contributed by atoms with E-state index < -0.39 is 4.92 Å². The number of fused-ring (bicyclic) bond motifs is 1. The first-order valence-electron chi connectivity index (χ1n) is 3.69. The van der Waals surface area contributed by atoms with Gasteiger partial charge in [0.25, 0.3) is 5.69 Å². The standard InChI is InChI=1S/C7H4N4O3/c12-9-10-7-5(4-8-10)2-1-3-6(7)11(13)14/h1-4H. The summed E-state index contributed by atoms with van der Waals surface area (Å²) in [6.07, 6.45) is 1.35. The highest BCUT2D eigenvalue weighted by molar-refractivity contribution is 5.87. The fraction of sp³-hybridized carbons (Fsp3) is 0. The number of rotatable bonds is 2. The summed E-state index contributed by atoms with van der Waals surface area (Å²) in [5.74, 6) is 0. The first-order valence-corrected chi connectivity index (χ1v) is 3.69. The molecule has 0 amide bonds. The molecule has 1 aromatic heterocycles. The number of nitroso groups, excluding NO2 is 1. The van der Waals surface area contributed by atoms with E-state index >= 15 is 0 Å². The van der Waals surface area contributed by atoms with Gasteiger partial charge in [-0.25, -0.2) is 0 Å². The fourth-order valence-corrected chi connectivity index (χ4v) is 1.25. The highest BCUT2D eigenvalue weighted by atomic mass is 16.6. The van der Waals surface area contributed by atoms with E-state index in [1.807, 2.05) is 0 Å². The summed E-state index contributed by atoms with van der Waals surface area (Å²) in [7, 11) is 0. The second-order valence-electron chi connectivity index (χ2n) is 2.59. The molecule has 0 aliphatic rings. The molecule has 0 aliphatic carbocycles. The smallest absolute Gasteiger partial charge is 0.258 e. The molecule has 7 nitrogen and oxygen atoms in total. The first-order chi connectivity index (χ1) is 6.74. The Bertz CT molecular complexity index is 519. The summed E-state index contributed by atoms with van der Waals surface area (Å²) in [4.78, 5) is 21.0. The van der Waals surface area contributed by atoms with E-state index in [-0.39, 0.29) is 11.2 Å². The van der Waals surface area contributed by atoms with Crippen LogP contribution in [0.4, 0.5) is 5.69 Å². The van der Waals surface area contributed by atoms with E-state index in [4.69, 9.17) is 0 Å². The lowest BCUT2D eigenvalue weighted by Gasteiger charge is -1.93. The molecule has 0 bridgehead atoms. The number of aromatic nitrogens is 2. The normalized spacial score (nSPS) is 10.3.